The average molecular weight is 283 g/mol. The van der Waals surface area contributed by atoms with Gasteiger partial charge in [-0.2, -0.15) is 0 Å². The van der Waals surface area contributed by atoms with Crippen LogP contribution in [0.4, 0.5) is 5.69 Å². The van der Waals surface area contributed by atoms with Crippen molar-refractivity contribution in [3.63, 3.8) is 0 Å². The summed E-state index contributed by atoms with van der Waals surface area (Å²) in [6.07, 6.45) is 0. The fourth-order valence-corrected chi connectivity index (χ4v) is 2.17. The molecule has 2 aromatic carbocycles. The van der Waals surface area contributed by atoms with E-state index in [-0.39, 0.29) is 5.78 Å². The molecule has 3 heteroatoms. The SMILES string of the molecule is CCOc1ccc(C(=O)CN(C)c2cccc(C)c2)cc1. The van der Waals surface area contributed by atoms with E-state index in [9.17, 15) is 4.79 Å². The van der Waals surface area contributed by atoms with Crippen LogP contribution in [0.5, 0.6) is 5.75 Å². The van der Waals surface area contributed by atoms with Gasteiger partial charge in [-0.3, -0.25) is 4.79 Å². The van der Waals surface area contributed by atoms with Crippen LogP contribution in [0, 0.1) is 6.92 Å². The molecule has 0 heterocycles. The molecule has 0 fully saturated rings. The Morgan fingerprint density at radius 3 is 2.48 bits per heavy atom. The minimum Gasteiger partial charge on any atom is -0.494 e. The van der Waals surface area contributed by atoms with E-state index in [1.165, 1.54) is 5.56 Å². The summed E-state index contributed by atoms with van der Waals surface area (Å²) in [5.74, 6) is 0.892. The maximum absolute atomic E-state index is 12.3. The van der Waals surface area contributed by atoms with Crippen LogP contribution in [-0.4, -0.2) is 26.0 Å². The lowest BCUT2D eigenvalue weighted by Crippen LogP contribution is -2.25. The van der Waals surface area contributed by atoms with Gasteiger partial charge in [-0.25, -0.2) is 0 Å². The summed E-state index contributed by atoms with van der Waals surface area (Å²) < 4.78 is 5.38. The summed E-state index contributed by atoms with van der Waals surface area (Å²) in [5, 5.41) is 0. The zero-order chi connectivity index (χ0) is 15.2. The molecule has 0 saturated carbocycles. The first-order chi connectivity index (χ1) is 10.1. The number of benzene rings is 2. The lowest BCUT2D eigenvalue weighted by atomic mass is 10.1. The number of carbonyl (C=O) groups excluding carboxylic acids is 1. The van der Waals surface area contributed by atoms with Crippen molar-refractivity contribution in [1.29, 1.82) is 0 Å². The second-order valence-electron chi connectivity index (χ2n) is 5.08. The molecule has 0 spiro atoms. The first-order valence-corrected chi connectivity index (χ1v) is 7.14. The van der Waals surface area contributed by atoms with E-state index in [0.29, 0.717) is 18.7 Å². The number of ketones is 1. The van der Waals surface area contributed by atoms with Gasteiger partial charge in [0.2, 0.25) is 0 Å². The van der Waals surface area contributed by atoms with Gasteiger partial charge in [0, 0.05) is 18.3 Å². The zero-order valence-electron chi connectivity index (χ0n) is 12.8. The van der Waals surface area contributed by atoms with E-state index >= 15 is 0 Å². The Labute approximate surface area is 126 Å². The number of nitrogens with zero attached hydrogens (tertiary/aromatic N) is 1. The molecule has 110 valence electrons. The molecular formula is C18H21NO2. The largest absolute Gasteiger partial charge is 0.494 e. The van der Waals surface area contributed by atoms with E-state index in [2.05, 4.69) is 6.07 Å². The number of hydrogen-bond acceptors (Lipinski definition) is 3. The minimum absolute atomic E-state index is 0.0991. The monoisotopic (exact) mass is 283 g/mol. The summed E-state index contributed by atoms with van der Waals surface area (Å²) in [4.78, 5) is 14.3. The lowest BCUT2D eigenvalue weighted by molar-refractivity contribution is 0.100. The fourth-order valence-electron chi connectivity index (χ4n) is 2.17. The predicted molar refractivity (Wildman–Crippen MR) is 86.4 cm³/mol. The van der Waals surface area contributed by atoms with Crippen LogP contribution in [-0.2, 0) is 0 Å². The molecular weight excluding hydrogens is 262 g/mol. The first kappa shape index (κ1) is 15.1. The molecule has 3 nitrogen and oxygen atoms in total. The van der Waals surface area contributed by atoms with Gasteiger partial charge in [-0.1, -0.05) is 12.1 Å². The highest BCUT2D eigenvalue weighted by molar-refractivity contribution is 5.99. The lowest BCUT2D eigenvalue weighted by Gasteiger charge is -2.19. The zero-order valence-corrected chi connectivity index (χ0v) is 12.8. The molecule has 2 aromatic rings. The van der Waals surface area contributed by atoms with E-state index in [4.69, 9.17) is 4.74 Å². The Hall–Kier alpha value is -2.29. The molecule has 0 aliphatic rings. The van der Waals surface area contributed by atoms with Crippen LogP contribution in [0.1, 0.15) is 22.8 Å². The van der Waals surface area contributed by atoms with Crippen molar-refractivity contribution in [3.8, 4) is 5.75 Å². The quantitative estimate of drug-likeness (QED) is 0.757. The van der Waals surface area contributed by atoms with Gasteiger partial charge < -0.3 is 9.64 Å². The van der Waals surface area contributed by atoms with Crippen molar-refractivity contribution in [2.24, 2.45) is 0 Å². The molecule has 0 aliphatic carbocycles. The van der Waals surface area contributed by atoms with E-state index in [0.717, 1.165) is 11.4 Å². The third-order valence-electron chi connectivity index (χ3n) is 3.31. The van der Waals surface area contributed by atoms with Crippen molar-refractivity contribution < 1.29 is 9.53 Å². The highest BCUT2D eigenvalue weighted by Crippen LogP contribution is 2.16. The maximum atomic E-state index is 12.3. The summed E-state index contributed by atoms with van der Waals surface area (Å²) in [5.41, 5.74) is 2.94. The van der Waals surface area contributed by atoms with E-state index in [1.54, 1.807) is 0 Å². The first-order valence-electron chi connectivity index (χ1n) is 7.14. The van der Waals surface area contributed by atoms with Crippen molar-refractivity contribution in [1.82, 2.24) is 0 Å². The summed E-state index contributed by atoms with van der Waals surface area (Å²) in [7, 11) is 1.93. The summed E-state index contributed by atoms with van der Waals surface area (Å²) in [6.45, 7) is 4.97. The summed E-state index contributed by atoms with van der Waals surface area (Å²) in [6, 6.07) is 15.4. The average Bonchev–Trinajstić information content (AvgIpc) is 2.48. The number of rotatable bonds is 6. The van der Waals surface area contributed by atoms with Crippen LogP contribution in [0.3, 0.4) is 0 Å². The Kier molecular flexibility index (Phi) is 4.99. The van der Waals surface area contributed by atoms with Gasteiger partial charge in [-0.15, -0.1) is 0 Å². The predicted octanol–water partition coefficient (Wildman–Crippen LogP) is 3.71. The Balaban J connectivity index is 2.03. The molecule has 0 bridgehead atoms. The molecule has 21 heavy (non-hydrogen) atoms. The highest BCUT2D eigenvalue weighted by atomic mass is 16.5. The third kappa shape index (κ3) is 4.09. The van der Waals surface area contributed by atoms with Crippen LogP contribution in [0.15, 0.2) is 48.5 Å². The summed E-state index contributed by atoms with van der Waals surface area (Å²) >= 11 is 0. The molecule has 0 N–H and O–H groups in total. The number of aryl methyl sites for hydroxylation is 1. The van der Waals surface area contributed by atoms with Crippen molar-refractivity contribution in [3.05, 3.63) is 59.7 Å². The number of likely N-dealkylation sites (N-methyl/N-ethyl adjacent to an activating group) is 1. The van der Waals surface area contributed by atoms with Gasteiger partial charge >= 0.3 is 0 Å². The number of carbonyl (C=O) groups is 1. The highest BCUT2D eigenvalue weighted by Gasteiger charge is 2.10. The maximum Gasteiger partial charge on any atom is 0.182 e. The Morgan fingerprint density at radius 2 is 1.86 bits per heavy atom. The van der Waals surface area contributed by atoms with Gasteiger partial charge in [0.05, 0.1) is 13.2 Å². The molecule has 0 radical (unpaired) electrons. The number of anilines is 1. The molecule has 0 amide bonds. The second kappa shape index (κ2) is 6.93. The van der Waals surface area contributed by atoms with Gasteiger partial charge in [0.15, 0.2) is 5.78 Å². The van der Waals surface area contributed by atoms with Crippen LogP contribution < -0.4 is 9.64 Å². The molecule has 0 saturated heterocycles. The van der Waals surface area contributed by atoms with E-state index in [1.807, 2.05) is 68.3 Å². The minimum atomic E-state index is 0.0991. The smallest absolute Gasteiger partial charge is 0.182 e. The Bertz CT molecular complexity index is 605. The molecule has 0 aromatic heterocycles. The number of hydrogen-bond donors (Lipinski definition) is 0. The fraction of sp³-hybridized carbons (Fsp3) is 0.278. The number of ether oxygens (including phenoxy) is 1. The van der Waals surface area contributed by atoms with Crippen LogP contribution in [0.25, 0.3) is 0 Å². The molecule has 0 aliphatic heterocycles. The molecule has 0 atom stereocenters. The van der Waals surface area contributed by atoms with Gasteiger partial charge in [0.25, 0.3) is 0 Å². The van der Waals surface area contributed by atoms with Gasteiger partial charge in [0.1, 0.15) is 5.75 Å². The Morgan fingerprint density at radius 1 is 1.14 bits per heavy atom. The normalized spacial score (nSPS) is 10.2. The molecule has 2 rings (SSSR count). The van der Waals surface area contributed by atoms with Crippen molar-refractivity contribution in [2.75, 3.05) is 25.1 Å². The number of Topliss-reactive ketones (excluding diaryl/α,β-unsaturated/α-hetero) is 1. The van der Waals surface area contributed by atoms with Crippen molar-refractivity contribution in [2.45, 2.75) is 13.8 Å². The van der Waals surface area contributed by atoms with Crippen molar-refractivity contribution >= 4 is 11.5 Å². The second-order valence-corrected chi connectivity index (χ2v) is 5.08. The van der Waals surface area contributed by atoms with Crippen LogP contribution in [0.2, 0.25) is 0 Å². The topological polar surface area (TPSA) is 29.5 Å². The third-order valence-corrected chi connectivity index (χ3v) is 3.31. The van der Waals surface area contributed by atoms with E-state index < -0.39 is 0 Å². The molecule has 0 unspecified atom stereocenters. The van der Waals surface area contributed by atoms with Crippen LogP contribution >= 0.6 is 0 Å². The standard InChI is InChI=1S/C18H21NO2/c1-4-21-17-10-8-15(9-11-17)18(20)13-19(3)16-7-5-6-14(2)12-16/h5-12H,4,13H2,1-3H3. The van der Waals surface area contributed by atoms with Gasteiger partial charge in [-0.05, 0) is 55.8 Å².